The van der Waals surface area contributed by atoms with Gasteiger partial charge in [-0.25, -0.2) is 9.67 Å². The average Bonchev–Trinajstić information content (AvgIpc) is 3.32. The van der Waals surface area contributed by atoms with Crippen LogP contribution >= 0.6 is 0 Å². The maximum absolute atomic E-state index is 13.2. The largest absolute Gasteiger partial charge is 0.496 e. The molecule has 4 rings (SSSR count). The molecule has 1 atom stereocenters. The van der Waals surface area contributed by atoms with Crippen molar-refractivity contribution in [2.45, 2.75) is 45.9 Å². The Balaban J connectivity index is 1.43. The van der Waals surface area contributed by atoms with Gasteiger partial charge in [0.2, 0.25) is 0 Å². The van der Waals surface area contributed by atoms with Gasteiger partial charge in [0, 0.05) is 30.1 Å². The summed E-state index contributed by atoms with van der Waals surface area (Å²) in [5.74, 6) is 1.79. The van der Waals surface area contributed by atoms with Gasteiger partial charge in [0.05, 0.1) is 19.8 Å². The van der Waals surface area contributed by atoms with Gasteiger partial charge in [-0.15, -0.1) is 0 Å². The van der Waals surface area contributed by atoms with Crippen molar-refractivity contribution >= 4 is 5.78 Å². The fourth-order valence-electron chi connectivity index (χ4n) is 4.44. The second kappa shape index (κ2) is 10.6. The third-order valence-corrected chi connectivity index (χ3v) is 5.92. The highest BCUT2D eigenvalue weighted by Gasteiger charge is 2.27. The molecule has 1 saturated heterocycles. The molecule has 2 heterocycles. The number of ether oxygens (including phenoxy) is 2. The molecule has 0 bridgehead atoms. The summed E-state index contributed by atoms with van der Waals surface area (Å²) >= 11 is 0. The third-order valence-electron chi connectivity index (χ3n) is 5.92. The average molecular weight is 449 g/mol. The molecule has 174 valence electrons. The van der Waals surface area contributed by atoms with Crippen LogP contribution in [-0.4, -0.2) is 51.8 Å². The Morgan fingerprint density at radius 3 is 2.82 bits per heavy atom. The molecule has 7 nitrogen and oxygen atoms in total. The van der Waals surface area contributed by atoms with Crippen LogP contribution in [0.5, 0.6) is 11.5 Å². The molecule has 1 fully saturated rings. The molecule has 3 aromatic rings. The summed E-state index contributed by atoms with van der Waals surface area (Å²) in [4.78, 5) is 19.6. The first kappa shape index (κ1) is 23.0. The van der Waals surface area contributed by atoms with Crippen LogP contribution in [0.1, 0.15) is 48.2 Å². The summed E-state index contributed by atoms with van der Waals surface area (Å²) in [5.41, 5.74) is 3.00. The predicted molar refractivity (Wildman–Crippen MR) is 127 cm³/mol. The van der Waals surface area contributed by atoms with Gasteiger partial charge in [-0.3, -0.25) is 9.69 Å². The lowest BCUT2D eigenvalue weighted by molar-refractivity contribution is 0.0811. The molecular weight excluding hydrogens is 416 g/mol. The molecular formula is C26H32N4O3. The SMILES string of the molecule is COc1ccc(CN2CCC[C@@H](C(=O)c3cccc(OC(C)C)c3)C2)cc1Cn1cncn1. The van der Waals surface area contributed by atoms with E-state index in [2.05, 4.69) is 27.1 Å². The van der Waals surface area contributed by atoms with Crippen LogP contribution in [0.4, 0.5) is 0 Å². The van der Waals surface area contributed by atoms with E-state index in [1.165, 1.54) is 11.9 Å². The van der Waals surface area contributed by atoms with E-state index in [-0.39, 0.29) is 17.8 Å². The van der Waals surface area contributed by atoms with E-state index in [4.69, 9.17) is 9.47 Å². The number of Topliss-reactive ketones (excluding diaryl/α,β-unsaturated/α-hetero) is 1. The fraction of sp³-hybridized carbons (Fsp3) is 0.423. The number of rotatable bonds is 9. The van der Waals surface area contributed by atoms with Crippen molar-refractivity contribution in [1.82, 2.24) is 19.7 Å². The first-order valence-electron chi connectivity index (χ1n) is 11.5. The zero-order valence-electron chi connectivity index (χ0n) is 19.6. The highest BCUT2D eigenvalue weighted by Crippen LogP contribution is 2.26. The van der Waals surface area contributed by atoms with Gasteiger partial charge >= 0.3 is 0 Å². The fourth-order valence-corrected chi connectivity index (χ4v) is 4.44. The van der Waals surface area contributed by atoms with Crippen molar-refractivity contribution in [3.05, 3.63) is 71.8 Å². The molecule has 1 aromatic heterocycles. The second-order valence-electron chi connectivity index (χ2n) is 8.87. The van der Waals surface area contributed by atoms with Gasteiger partial charge in [0.1, 0.15) is 24.2 Å². The Hall–Kier alpha value is -3.19. The van der Waals surface area contributed by atoms with Crippen LogP contribution in [-0.2, 0) is 13.1 Å². The van der Waals surface area contributed by atoms with Gasteiger partial charge in [-0.2, -0.15) is 5.10 Å². The predicted octanol–water partition coefficient (Wildman–Crippen LogP) is 4.22. The minimum atomic E-state index is 0.000849. The Kier molecular flexibility index (Phi) is 7.40. The van der Waals surface area contributed by atoms with Gasteiger partial charge < -0.3 is 9.47 Å². The lowest BCUT2D eigenvalue weighted by atomic mass is 9.89. The molecule has 0 spiro atoms. The summed E-state index contributed by atoms with van der Waals surface area (Å²) < 4.78 is 13.1. The zero-order valence-corrected chi connectivity index (χ0v) is 19.6. The zero-order chi connectivity index (χ0) is 23.2. The van der Waals surface area contributed by atoms with Crippen molar-refractivity contribution in [2.75, 3.05) is 20.2 Å². The van der Waals surface area contributed by atoms with Crippen LogP contribution < -0.4 is 9.47 Å². The molecule has 0 saturated carbocycles. The third kappa shape index (κ3) is 5.99. The van der Waals surface area contributed by atoms with E-state index in [1.54, 1.807) is 18.1 Å². The van der Waals surface area contributed by atoms with E-state index in [0.29, 0.717) is 6.54 Å². The molecule has 2 aromatic carbocycles. The molecule has 0 N–H and O–H groups in total. The molecule has 0 aliphatic carbocycles. The quantitative estimate of drug-likeness (QED) is 0.457. The topological polar surface area (TPSA) is 69.5 Å². The molecule has 0 radical (unpaired) electrons. The van der Waals surface area contributed by atoms with E-state index in [0.717, 1.165) is 55.1 Å². The van der Waals surface area contributed by atoms with E-state index in [1.807, 2.05) is 44.2 Å². The van der Waals surface area contributed by atoms with Gasteiger partial charge in [-0.1, -0.05) is 18.2 Å². The van der Waals surface area contributed by atoms with Crippen LogP contribution in [0.2, 0.25) is 0 Å². The van der Waals surface area contributed by atoms with Gasteiger partial charge in [0.25, 0.3) is 0 Å². The molecule has 0 unspecified atom stereocenters. The number of benzene rings is 2. The van der Waals surface area contributed by atoms with Gasteiger partial charge in [-0.05, 0) is 63.1 Å². The normalized spacial score (nSPS) is 16.7. The van der Waals surface area contributed by atoms with Crippen LogP contribution in [0.3, 0.4) is 0 Å². The summed E-state index contributed by atoms with van der Waals surface area (Å²) in [5, 5.41) is 4.21. The van der Waals surface area contributed by atoms with Crippen molar-refractivity contribution in [3.63, 3.8) is 0 Å². The molecule has 0 amide bonds. The van der Waals surface area contributed by atoms with E-state index < -0.39 is 0 Å². The number of carbonyl (C=O) groups excluding carboxylic acids is 1. The highest BCUT2D eigenvalue weighted by molar-refractivity contribution is 5.98. The summed E-state index contributed by atoms with van der Waals surface area (Å²) in [6, 6.07) is 13.9. The molecule has 7 heteroatoms. The standard InChI is InChI=1S/C26H32N4O3/c1-19(2)33-24-8-4-6-21(13-24)26(31)22-7-5-11-29(15-22)14-20-9-10-25(32-3)23(12-20)16-30-18-27-17-28-30/h4,6,8-10,12-13,17-19,22H,5,7,11,14-16H2,1-3H3/t22-/m1/s1. The summed E-state index contributed by atoms with van der Waals surface area (Å²) in [6.07, 6.45) is 5.25. The van der Waals surface area contributed by atoms with Gasteiger partial charge in [0.15, 0.2) is 5.78 Å². The number of aromatic nitrogens is 3. The van der Waals surface area contributed by atoms with Crippen LogP contribution in [0.25, 0.3) is 0 Å². The maximum Gasteiger partial charge on any atom is 0.167 e. The van der Waals surface area contributed by atoms with Crippen molar-refractivity contribution in [1.29, 1.82) is 0 Å². The lowest BCUT2D eigenvalue weighted by Gasteiger charge is -2.32. The van der Waals surface area contributed by atoms with E-state index >= 15 is 0 Å². The lowest BCUT2D eigenvalue weighted by Crippen LogP contribution is -2.38. The Morgan fingerprint density at radius 2 is 2.06 bits per heavy atom. The molecule has 1 aliphatic heterocycles. The highest BCUT2D eigenvalue weighted by atomic mass is 16.5. The minimum Gasteiger partial charge on any atom is -0.496 e. The van der Waals surface area contributed by atoms with Crippen molar-refractivity contribution < 1.29 is 14.3 Å². The smallest absolute Gasteiger partial charge is 0.167 e. The molecule has 33 heavy (non-hydrogen) atoms. The Morgan fingerprint density at radius 1 is 1.18 bits per heavy atom. The van der Waals surface area contributed by atoms with Crippen molar-refractivity contribution in [3.8, 4) is 11.5 Å². The van der Waals surface area contributed by atoms with Crippen LogP contribution in [0.15, 0.2) is 55.1 Å². The monoisotopic (exact) mass is 448 g/mol. The number of hydrogen-bond acceptors (Lipinski definition) is 6. The first-order valence-corrected chi connectivity index (χ1v) is 11.5. The number of hydrogen-bond donors (Lipinski definition) is 0. The number of nitrogens with zero attached hydrogens (tertiary/aromatic N) is 4. The first-order chi connectivity index (χ1) is 16.0. The summed E-state index contributed by atoms with van der Waals surface area (Å²) in [6.45, 7) is 7.14. The number of ketones is 1. The number of likely N-dealkylation sites (tertiary alicyclic amines) is 1. The number of carbonyl (C=O) groups is 1. The van der Waals surface area contributed by atoms with Crippen LogP contribution in [0, 0.1) is 5.92 Å². The number of piperidine rings is 1. The van der Waals surface area contributed by atoms with Crippen molar-refractivity contribution in [2.24, 2.45) is 5.92 Å². The Labute approximate surface area is 195 Å². The second-order valence-corrected chi connectivity index (χ2v) is 8.87. The minimum absolute atomic E-state index is 0.000849. The maximum atomic E-state index is 13.2. The molecule has 1 aliphatic rings. The van der Waals surface area contributed by atoms with E-state index in [9.17, 15) is 4.79 Å². The number of methoxy groups -OCH3 is 1. The summed E-state index contributed by atoms with van der Waals surface area (Å²) in [7, 11) is 1.68. The Bertz CT molecular complexity index is 1070.